The van der Waals surface area contributed by atoms with Crippen LogP contribution in [0.5, 0.6) is 0 Å². The number of rotatable bonds is 13. The van der Waals surface area contributed by atoms with E-state index in [1.165, 1.54) is 71.5 Å². The highest BCUT2D eigenvalue weighted by molar-refractivity contribution is 7.93. The van der Waals surface area contributed by atoms with E-state index in [2.05, 4.69) is 30.0 Å². The highest BCUT2D eigenvalue weighted by atomic mass is 35.5. The van der Waals surface area contributed by atoms with Gasteiger partial charge in [0.1, 0.15) is 0 Å². The average Bonchev–Trinajstić information content (AvgIpc) is 3.88. The summed E-state index contributed by atoms with van der Waals surface area (Å²) in [5, 5.41) is 11.1. The molecule has 3 aromatic carbocycles. The lowest BCUT2D eigenvalue weighted by Crippen LogP contribution is -2.15. The minimum absolute atomic E-state index is 0.0892. The molecule has 0 unspecified atom stereocenters. The standard InChI is InChI=1S/C20H17ClN4O3S2.C12H12ClN3O3S2/c21-15-2-1-14-7-10-25(18(14)13-15)11-8-19(26)23-16-3-5-17(6-4-16)30(27,28)24-20-22-9-12-29-20;13-6-5-11(17)15-9-1-3-10(4-2-9)21(18,19)16-12-14-7-8-20-12/h1-7,9-10,12-13H,8,11H2,(H,22,24)(H,23,26);1-4,7-8H,5-6H2,(H,14,16)(H,15,17). The van der Waals surface area contributed by atoms with Gasteiger partial charge in [-0.1, -0.05) is 17.7 Å². The van der Waals surface area contributed by atoms with Gasteiger partial charge in [-0.05, 0) is 72.1 Å². The molecular weight excluding hydrogens is 778 g/mol. The van der Waals surface area contributed by atoms with Gasteiger partial charge < -0.3 is 15.2 Å². The largest absolute Gasteiger partial charge is 0.347 e. The van der Waals surface area contributed by atoms with Gasteiger partial charge in [-0.25, -0.2) is 26.8 Å². The summed E-state index contributed by atoms with van der Waals surface area (Å²) in [7, 11) is -7.40. The van der Waals surface area contributed by atoms with Crippen molar-refractivity contribution in [3.63, 3.8) is 0 Å². The molecular formula is C32H29Cl2N7O6S4. The number of carbonyl (C=O) groups excluding carboxylic acids is 2. The topological polar surface area (TPSA) is 181 Å². The number of halogens is 2. The van der Waals surface area contributed by atoms with E-state index in [1.807, 2.05) is 35.0 Å². The van der Waals surface area contributed by atoms with E-state index in [4.69, 9.17) is 23.2 Å². The number of anilines is 4. The summed E-state index contributed by atoms with van der Waals surface area (Å²) in [5.74, 6) is -0.160. The Balaban J connectivity index is 0.000000211. The Hall–Kier alpha value is -4.52. The lowest BCUT2D eigenvalue weighted by Gasteiger charge is -2.09. The third-order valence-electron chi connectivity index (χ3n) is 6.84. The second-order valence-corrected chi connectivity index (χ2v) is 16.4. The van der Waals surface area contributed by atoms with E-state index in [0.29, 0.717) is 33.2 Å². The van der Waals surface area contributed by atoms with Crippen molar-refractivity contribution in [1.29, 1.82) is 0 Å². The molecule has 19 heteroatoms. The number of nitrogens with one attached hydrogen (secondary N) is 4. The van der Waals surface area contributed by atoms with Gasteiger partial charge in [0, 0.05) is 76.5 Å². The molecule has 0 spiro atoms. The van der Waals surface area contributed by atoms with Crippen molar-refractivity contribution in [2.45, 2.75) is 29.2 Å². The molecule has 0 radical (unpaired) electrons. The number of sulfonamides is 2. The molecule has 0 saturated heterocycles. The van der Waals surface area contributed by atoms with Gasteiger partial charge in [-0.3, -0.25) is 19.0 Å². The number of carbonyl (C=O) groups is 2. The molecule has 0 aliphatic carbocycles. The summed E-state index contributed by atoms with van der Waals surface area (Å²) in [4.78, 5) is 31.6. The second-order valence-electron chi connectivity index (χ2n) is 10.4. The van der Waals surface area contributed by atoms with E-state index in [9.17, 15) is 26.4 Å². The van der Waals surface area contributed by atoms with E-state index in [1.54, 1.807) is 22.9 Å². The summed E-state index contributed by atoms with van der Waals surface area (Å²) in [6, 6.07) is 19.4. The molecule has 3 heterocycles. The van der Waals surface area contributed by atoms with Crippen LogP contribution in [0.2, 0.25) is 5.02 Å². The van der Waals surface area contributed by atoms with E-state index in [-0.39, 0.29) is 40.3 Å². The first-order valence-electron chi connectivity index (χ1n) is 14.9. The van der Waals surface area contributed by atoms with Crippen molar-refractivity contribution < 1.29 is 26.4 Å². The first-order valence-corrected chi connectivity index (χ1v) is 20.5. The molecule has 0 bridgehead atoms. The van der Waals surface area contributed by atoms with E-state index >= 15 is 0 Å². The number of aryl methyl sites for hydroxylation is 1. The van der Waals surface area contributed by atoms with Crippen molar-refractivity contribution >= 4 is 110 Å². The molecule has 2 amide bonds. The Kier molecular flexibility index (Phi) is 12.7. The maximum absolute atomic E-state index is 12.4. The summed E-state index contributed by atoms with van der Waals surface area (Å²) in [6.07, 6.45) is 5.42. The summed E-state index contributed by atoms with van der Waals surface area (Å²) in [5.41, 5.74) is 2.00. The van der Waals surface area contributed by atoms with Crippen LogP contribution < -0.4 is 20.1 Å². The zero-order valence-electron chi connectivity index (χ0n) is 26.3. The van der Waals surface area contributed by atoms with E-state index < -0.39 is 20.0 Å². The fourth-order valence-electron chi connectivity index (χ4n) is 4.44. The van der Waals surface area contributed by atoms with Gasteiger partial charge in [0.05, 0.1) is 9.79 Å². The molecule has 0 aliphatic rings. The van der Waals surface area contributed by atoms with Crippen LogP contribution in [0.4, 0.5) is 21.6 Å². The molecule has 6 rings (SSSR count). The minimum Gasteiger partial charge on any atom is -0.347 e. The van der Waals surface area contributed by atoms with Crippen molar-refractivity contribution in [3.8, 4) is 0 Å². The number of alkyl halides is 1. The van der Waals surface area contributed by atoms with Gasteiger partial charge >= 0.3 is 0 Å². The minimum atomic E-state index is -3.72. The molecule has 266 valence electrons. The van der Waals surface area contributed by atoms with Gasteiger partial charge in [-0.2, -0.15) is 0 Å². The predicted molar refractivity (Wildman–Crippen MR) is 203 cm³/mol. The molecule has 51 heavy (non-hydrogen) atoms. The first kappa shape index (κ1) is 37.7. The van der Waals surface area contributed by atoms with Crippen LogP contribution in [0.15, 0.2) is 112 Å². The second kappa shape index (κ2) is 17.1. The molecule has 6 aromatic rings. The predicted octanol–water partition coefficient (Wildman–Crippen LogP) is 7.09. The molecule has 0 aliphatic heterocycles. The van der Waals surface area contributed by atoms with Crippen LogP contribution in [-0.2, 0) is 36.2 Å². The first-order chi connectivity index (χ1) is 24.4. The molecule has 0 fully saturated rings. The maximum atomic E-state index is 12.4. The van der Waals surface area contributed by atoms with Crippen LogP contribution in [0.3, 0.4) is 0 Å². The summed E-state index contributed by atoms with van der Waals surface area (Å²) < 4.78 is 55.6. The van der Waals surface area contributed by atoms with Crippen LogP contribution >= 0.6 is 45.9 Å². The quantitative estimate of drug-likeness (QED) is 0.0893. The van der Waals surface area contributed by atoms with Gasteiger partial charge in [0.15, 0.2) is 10.3 Å². The number of thiazole rings is 2. The van der Waals surface area contributed by atoms with Crippen molar-refractivity contribution in [2.24, 2.45) is 0 Å². The molecule has 13 nitrogen and oxygen atoms in total. The smallest absolute Gasteiger partial charge is 0.263 e. The third kappa shape index (κ3) is 10.7. The molecule has 0 atom stereocenters. The Morgan fingerprint density at radius 2 is 1.22 bits per heavy atom. The average molecular weight is 807 g/mol. The van der Waals surface area contributed by atoms with Crippen LogP contribution in [-0.4, -0.2) is 49.1 Å². The molecule has 0 saturated carbocycles. The van der Waals surface area contributed by atoms with Gasteiger partial charge in [0.25, 0.3) is 20.0 Å². The number of hydrogen-bond donors (Lipinski definition) is 4. The Morgan fingerprint density at radius 3 is 1.69 bits per heavy atom. The Bertz CT molecular complexity index is 2300. The van der Waals surface area contributed by atoms with Crippen LogP contribution in [0, 0.1) is 0 Å². The monoisotopic (exact) mass is 805 g/mol. The number of fused-ring (bicyclic) bond motifs is 1. The third-order valence-corrected chi connectivity index (χ3v) is 11.6. The normalized spacial score (nSPS) is 11.3. The van der Waals surface area contributed by atoms with Crippen molar-refractivity contribution in [3.05, 3.63) is 107 Å². The lowest BCUT2D eigenvalue weighted by atomic mass is 10.2. The zero-order chi connectivity index (χ0) is 36.4. The Labute approximate surface area is 311 Å². The number of nitrogens with zero attached hydrogens (tertiary/aromatic N) is 3. The van der Waals surface area contributed by atoms with Crippen molar-refractivity contribution in [2.75, 3.05) is 26.0 Å². The number of hydrogen-bond acceptors (Lipinski definition) is 10. The van der Waals surface area contributed by atoms with E-state index in [0.717, 1.165) is 10.9 Å². The number of benzene rings is 3. The number of amides is 2. The fraction of sp³-hybridized carbons (Fsp3) is 0.125. The SMILES string of the molecule is O=C(CCCl)Nc1ccc(S(=O)(=O)Nc2nccs2)cc1.O=C(CCn1ccc2ccc(Cl)cc21)Nc1ccc(S(=O)(=O)Nc2nccs2)cc1. The van der Waals surface area contributed by atoms with Gasteiger partial charge in [0.2, 0.25) is 11.8 Å². The van der Waals surface area contributed by atoms with Crippen LogP contribution in [0.1, 0.15) is 12.8 Å². The summed E-state index contributed by atoms with van der Waals surface area (Å²) in [6.45, 7) is 0.500. The highest BCUT2D eigenvalue weighted by Crippen LogP contribution is 2.23. The maximum Gasteiger partial charge on any atom is 0.263 e. The highest BCUT2D eigenvalue weighted by Gasteiger charge is 2.17. The van der Waals surface area contributed by atoms with Crippen molar-refractivity contribution in [1.82, 2.24) is 14.5 Å². The number of aromatic nitrogens is 3. The Morgan fingerprint density at radius 1 is 0.706 bits per heavy atom. The lowest BCUT2D eigenvalue weighted by molar-refractivity contribution is -0.117. The van der Waals surface area contributed by atoms with Gasteiger partial charge in [-0.15, -0.1) is 34.3 Å². The summed E-state index contributed by atoms with van der Waals surface area (Å²) >= 11 is 13.9. The zero-order valence-corrected chi connectivity index (χ0v) is 31.1. The molecule has 4 N–H and O–H groups in total. The molecule has 3 aromatic heterocycles. The fourth-order valence-corrected chi connectivity index (χ4v) is 8.35. The van der Waals surface area contributed by atoms with Crippen LogP contribution in [0.25, 0.3) is 10.9 Å².